The fraction of sp³-hybridized carbons (Fsp3) is 0.778. The van der Waals surface area contributed by atoms with Crippen LogP contribution in [0.1, 0.15) is 63.5 Å². The standard InChI is InChI=1S/C27H37NO4/c1-24(2,30)19-14-25-9-10-27(19,31-4)23-26(25)11-12-28(3,15-16-5-6-16)20(25)13-17-7-8-18(29)22(32-23)21(17)26/h7-8,16,19-20,23,30H,5-6,9-15H2,1-4H3/t19-,20-,23-,25?,26?,27+,28?/m1/s1. The molecule has 2 heterocycles. The van der Waals surface area contributed by atoms with Gasteiger partial charge in [-0.1, -0.05) is 17.9 Å². The Hall–Kier alpha value is -1.30. The van der Waals surface area contributed by atoms with Gasteiger partial charge >= 0.3 is 0 Å². The van der Waals surface area contributed by atoms with Gasteiger partial charge in [0.2, 0.25) is 0 Å². The molecule has 32 heavy (non-hydrogen) atoms. The summed E-state index contributed by atoms with van der Waals surface area (Å²) in [5.74, 6) is 1.49. The minimum Gasteiger partial charge on any atom is -0.870 e. The first kappa shape index (κ1) is 20.1. The van der Waals surface area contributed by atoms with Crippen LogP contribution < -0.4 is 9.84 Å². The van der Waals surface area contributed by atoms with Gasteiger partial charge in [-0.05, 0) is 51.5 Å². The van der Waals surface area contributed by atoms with Crippen molar-refractivity contribution < 1.29 is 24.2 Å². The predicted octanol–water partition coefficient (Wildman–Crippen LogP) is 2.90. The first-order valence-electron chi connectivity index (χ1n) is 12.7. The SMILES string of the molecule is CO[C@@]12CCC3(C[C@@H]1C(C)(C)O)[C@H]1Cc4ccc([O-])c5c4C3(CC[N+]1(C)CC1CC1)[C@H]2O5. The highest BCUT2D eigenvalue weighted by molar-refractivity contribution is 5.62. The molecule has 174 valence electrons. The molecule has 7 atom stereocenters. The molecule has 2 aliphatic heterocycles. The summed E-state index contributed by atoms with van der Waals surface area (Å²) in [6.07, 6.45) is 7.65. The Labute approximate surface area is 191 Å². The number of ether oxygens (including phenoxy) is 2. The second-order valence-corrected chi connectivity index (χ2v) is 12.9. The number of benzene rings is 1. The zero-order valence-electron chi connectivity index (χ0n) is 19.9. The quantitative estimate of drug-likeness (QED) is 0.733. The molecular weight excluding hydrogens is 402 g/mol. The summed E-state index contributed by atoms with van der Waals surface area (Å²) in [7, 11) is 4.31. The molecular formula is C27H37NO4. The normalized spacial score (nSPS) is 47.8. The van der Waals surface area contributed by atoms with E-state index >= 15 is 0 Å². The molecule has 1 saturated heterocycles. The lowest BCUT2D eigenvalue weighted by Gasteiger charge is -2.75. The van der Waals surface area contributed by atoms with Crippen molar-refractivity contribution in [1.29, 1.82) is 0 Å². The maximum Gasteiger partial charge on any atom is 0.139 e. The van der Waals surface area contributed by atoms with E-state index < -0.39 is 11.2 Å². The van der Waals surface area contributed by atoms with E-state index in [0.717, 1.165) is 49.0 Å². The third kappa shape index (κ3) is 2.01. The minimum absolute atomic E-state index is 0.00665. The van der Waals surface area contributed by atoms with Crippen LogP contribution in [0, 0.1) is 17.3 Å². The smallest absolute Gasteiger partial charge is 0.139 e. The van der Waals surface area contributed by atoms with Crippen molar-refractivity contribution in [2.75, 3.05) is 27.2 Å². The van der Waals surface area contributed by atoms with Crippen LogP contribution in [0.3, 0.4) is 0 Å². The fourth-order valence-corrected chi connectivity index (χ4v) is 9.93. The van der Waals surface area contributed by atoms with Crippen molar-refractivity contribution in [3.05, 3.63) is 23.3 Å². The van der Waals surface area contributed by atoms with E-state index in [4.69, 9.17) is 9.47 Å². The number of fused-ring (bicyclic) bond motifs is 2. The van der Waals surface area contributed by atoms with E-state index in [1.165, 1.54) is 30.5 Å². The van der Waals surface area contributed by atoms with E-state index in [1.54, 1.807) is 13.2 Å². The first-order chi connectivity index (χ1) is 15.1. The number of piperidine rings is 1. The summed E-state index contributed by atoms with van der Waals surface area (Å²) < 4.78 is 14.3. The average molecular weight is 440 g/mol. The molecule has 5 heteroatoms. The van der Waals surface area contributed by atoms with Gasteiger partial charge in [-0.25, -0.2) is 0 Å². The van der Waals surface area contributed by atoms with Crippen LogP contribution in [0.5, 0.6) is 11.5 Å². The fourth-order valence-electron chi connectivity index (χ4n) is 9.93. The summed E-state index contributed by atoms with van der Waals surface area (Å²) in [6, 6.07) is 4.35. The largest absolute Gasteiger partial charge is 0.870 e. The van der Waals surface area contributed by atoms with E-state index in [0.29, 0.717) is 11.8 Å². The number of quaternary nitrogens is 1. The summed E-state index contributed by atoms with van der Waals surface area (Å²) in [5, 5.41) is 24.5. The Morgan fingerprint density at radius 1 is 1.25 bits per heavy atom. The van der Waals surface area contributed by atoms with Gasteiger partial charge in [0.25, 0.3) is 0 Å². The van der Waals surface area contributed by atoms with Gasteiger partial charge in [0, 0.05) is 42.8 Å². The van der Waals surface area contributed by atoms with Crippen LogP contribution >= 0.6 is 0 Å². The Morgan fingerprint density at radius 2 is 2.03 bits per heavy atom. The Kier molecular flexibility index (Phi) is 3.56. The Bertz CT molecular complexity index is 1010. The monoisotopic (exact) mass is 439 g/mol. The van der Waals surface area contributed by atoms with Crippen molar-refractivity contribution in [3.8, 4) is 11.5 Å². The van der Waals surface area contributed by atoms with Gasteiger partial charge in [0.15, 0.2) is 0 Å². The van der Waals surface area contributed by atoms with Gasteiger partial charge in [-0.3, -0.25) is 0 Å². The van der Waals surface area contributed by atoms with E-state index in [-0.39, 0.29) is 28.6 Å². The van der Waals surface area contributed by atoms with Crippen molar-refractivity contribution in [1.82, 2.24) is 0 Å². The molecule has 7 aliphatic rings. The number of methoxy groups -OCH3 is 1. The second kappa shape index (κ2) is 5.67. The van der Waals surface area contributed by atoms with Gasteiger partial charge in [0.1, 0.15) is 17.5 Å². The predicted molar refractivity (Wildman–Crippen MR) is 119 cm³/mol. The molecule has 8 rings (SSSR count). The highest BCUT2D eigenvalue weighted by Crippen LogP contribution is 2.78. The van der Waals surface area contributed by atoms with Gasteiger partial charge in [0.05, 0.1) is 37.2 Å². The second-order valence-electron chi connectivity index (χ2n) is 12.9. The first-order valence-corrected chi connectivity index (χ1v) is 12.7. The van der Waals surface area contributed by atoms with Crippen LogP contribution in [0.4, 0.5) is 0 Å². The lowest BCUT2D eigenvalue weighted by atomic mass is 9.33. The highest BCUT2D eigenvalue weighted by Gasteiger charge is 2.83. The molecule has 1 aromatic rings. The molecule has 4 bridgehead atoms. The molecule has 5 nitrogen and oxygen atoms in total. The lowest BCUT2D eigenvalue weighted by molar-refractivity contribution is -0.952. The van der Waals surface area contributed by atoms with Gasteiger partial charge in [-0.2, -0.15) is 0 Å². The number of nitrogens with zero attached hydrogens (tertiary/aromatic N) is 1. The zero-order chi connectivity index (χ0) is 22.3. The Balaban J connectivity index is 1.51. The van der Waals surface area contributed by atoms with E-state index in [1.807, 2.05) is 13.8 Å². The highest BCUT2D eigenvalue weighted by atomic mass is 16.6. The molecule has 0 amide bonds. The van der Waals surface area contributed by atoms with Crippen LogP contribution in [0.15, 0.2) is 12.1 Å². The molecule has 1 aromatic carbocycles. The maximum absolute atomic E-state index is 13.1. The number of aliphatic hydroxyl groups is 1. The van der Waals surface area contributed by atoms with Gasteiger partial charge in [-0.15, -0.1) is 0 Å². The van der Waals surface area contributed by atoms with Crippen molar-refractivity contribution in [2.45, 2.75) is 87.6 Å². The van der Waals surface area contributed by atoms with Crippen LogP contribution in [-0.2, 0) is 16.6 Å². The Morgan fingerprint density at radius 3 is 2.72 bits per heavy atom. The topological polar surface area (TPSA) is 61.8 Å². The number of likely N-dealkylation sites (N-methyl/N-ethyl adjacent to an activating group) is 1. The molecule has 5 aliphatic carbocycles. The number of hydrogen-bond donors (Lipinski definition) is 1. The average Bonchev–Trinajstić information content (AvgIpc) is 3.47. The van der Waals surface area contributed by atoms with Crippen LogP contribution in [0.2, 0.25) is 0 Å². The van der Waals surface area contributed by atoms with Crippen LogP contribution in [-0.4, -0.2) is 60.2 Å². The third-order valence-electron chi connectivity index (χ3n) is 11.2. The summed E-state index contributed by atoms with van der Waals surface area (Å²) in [4.78, 5) is 0. The molecule has 3 unspecified atom stereocenters. The summed E-state index contributed by atoms with van der Waals surface area (Å²) >= 11 is 0. The summed E-state index contributed by atoms with van der Waals surface area (Å²) in [5.41, 5.74) is 1.06. The number of rotatable bonds is 4. The van der Waals surface area contributed by atoms with Crippen molar-refractivity contribution in [2.24, 2.45) is 17.3 Å². The van der Waals surface area contributed by atoms with Gasteiger partial charge < -0.3 is 24.2 Å². The minimum atomic E-state index is -0.863. The number of hydrogen-bond acceptors (Lipinski definition) is 4. The molecule has 4 saturated carbocycles. The molecule has 2 spiro atoms. The van der Waals surface area contributed by atoms with E-state index in [9.17, 15) is 10.2 Å². The zero-order valence-corrected chi connectivity index (χ0v) is 19.9. The molecule has 5 fully saturated rings. The maximum atomic E-state index is 13.1. The molecule has 1 N–H and O–H groups in total. The third-order valence-corrected chi connectivity index (χ3v) is 11.2. The number of likely N-dealkylation sites (tertiary alicyclic amines) is 1. The lowest BCUT2D eigenvalue weighted by Crippen LogP contribution is -2.84. The summed E-state index contributed by atoms with van der Waals surface area (Å²) in [6.45, 7) is 6.33. The van der Waals surface area contributed by atoms with Crippen LogP contribution in [0.25, 0.3) is 0 Å². The molecule has 0 aromatic heterocycles. The van der Waals surface area contributed by atoms with E-state index in [2.05, 4.69) is 13.1 Å². The van der Waals surface area contributed by atoms with Crippen molar-refractivity contribution in [3.63, 3.8) is 0 Å². The molecule has 0 radical (unpaired) electrons. The van der Waals surface area contributed by atoms with Crippen molar-refractivity contribution >= 4 is 0 Å².